The van der Waals surface area contributed by atoms with Crippen molar-refractivity contribution in [2.75, 3.05) is 0 Å². The van der Waals surface area contributed by atoms with Gasteiger partial charge in [0, 0.05) is 5.56 Å². The lowest BCUT2D eigenvalue weighted by molar-refractivity contribution is 0.509. The number of rotatable bonds is 3. The van der Waals surface area contributed by atoms with Crippen molar-refractivity contribution in [3.05, 3.63) is 76.0 Å². The summed E-state index contributed by atoms with van der Waals surface area (Å²) in [4.78, 5) is -0.281. The van der Waals surface area contributed by atoms with Crippen LogP contribution in [0.25, 0.3) is 22.3 Å². The Kier molecular flexibility index (Phi) is 5.22. The van der Waals surface area contributed by atoms with Crippen LogP contribution < -0.4 is 5.14 Å². The molecule has 0 saturated carbocycles. The normalized spacial score (nSPS) is 11.6. The van der Waals surface area contributed by atoms with Crippen LogP contribution in [-0.4, -0.2) is 8.42 Å². The Morgan fingerprint density at radius 1 is 0.778 bits per heavy atom. The van der Waals surface area contributed by atoms with Crippen molar-refractivity contribution >= 4 is 33.2 Å². The minimum atomic E-state index is -4.15. The third-order valence-corrected chi connectivity index (χ3v) is 5.36. The van der Waals surface area contributed by atoms with Crippen LogP contribution in [0.3, 0.4) is 0 Å². The van der Waals surface area contributed by atoms with Gasteiger partial charge in [-0.15, -0.1) is 0 Å². The predicted octanol–water partition coefficient (Wildman–Crippen LogP) is 5.39. The lowest BCUT2D eigenvalue weighted by Crippen LogP contribution is -2.13. The SMILES string of the molecule is NS(=O)(=O)c1ccccc1-c1cc(F)c(F)cc1-c1cc(Cl)c(F)c(Cl)c1. The molecule has 140 valence electrons. The van der Waals surface area contributed by atoms with E-state index in [0.29, 0.717) is 0 Å². The molecule has 3 nitrogen and oxygen atoms in total. The van der Waals surface area contributed by atoms with E-state index in [0.717, 1.165) is 12.1 Å². The molecule has 3 aromatic rings. The van der Waals surface area contributed by atoms with E-state index in [4.69, 9.17) is 28.3 Å². The first-order valence-electron chi connectivity index (χ1n) is 7.35. The van der Waals surface area contributed by atoms with Crippen molar-refractivity contribution in [1.29, 1.82) is 0 Å². The maximum atomic E-state index is 13.9. The summed E-state index contributed by atoms with van der Waals surface area (Å²) in [5.41, 5.74) is 0.307. The van der Waals surface area contributed by atoms with Crippen molar-refractivity contribution in [1.82, 2.24) is 0 Å². The lowest BCUT2D eigenvalue weighted by Gasteiger charge is -2.15. The monoisotopic (exact) mass is 431 g/mol. The van der Waals surface area contributed by atoms with Gasteiger partial charge >= 0.3 is 0 Å². The van der Waals surface area contributed by atoms with E-state index < -0.39 is 27.5 Å². The Balaban J connectivity index is 2.39. The average Bonchev–Trinajstić information content (AvgIpc) is 2.60. The Morgan fingerprint density at radius 2 is 1.30 bits per heavy atom. The molecule has 0 bridgehead atoms. The average molecular weight is 432 g/mol. The third-order valence-electron chi connectivity index (χ3n) is 3.84. The van der Waals surface area contributed by atoms with E-state index in [1.54, 1.807) is 0 Å². The van der Waals surface area contributed by atoms with Crippen molar-refractivity contribution in [3.63, 3.8) is 0 Å². The largest absolute Gasteiger partial charge is 0.238 e. The van der Waals surface area contributed by atoms with Gasteiger partial charge in [0.2, 0.25) is 10.0 Å². The van der Waals surface area contributed by atoms with Crippen LogP contribution >= 0.6 is 23.2 Å². The molecule has 0 unspecified atom stereocenters. The first-order valence-corrected chi connectivity index (χ1v) is 9.66. The molecule has 0 fully saturated rings. The zero-order chi connectivity index (χ0) is 19.9. The highest BCUT2D eigenvalue weighted by molar-refractivity contribution is 7.89. The second-order valence-electron chi connectivity index (χ2n) is 5.61. The van der Waals surface area contributed by atoms with E-state index >= 15 is 0 Å². The predicted molar refractivity (Wildman–Crippen MR) is 98.6 cm³/mol. The molecule has 0 spiro atoms. The minimum absolute atomic E-state index is 0.0252. The number of hydrogen-bond donors (Lipinski definition) is 1. The van der Waals surface area contributed by atoms with Gasteiger partial charge < -0.3 is 0 Å². The zero-order valence-corrected chi connectivity index (χ0v) is 15.6. The van der Waals surface area contributed by atoms with Crippen LogP contribution in [0, 0.1) is 17.5 Å². The third kappa shape index (κ3) is 3.82. The first kappa shape index (κ1) is 19.7. The standard InChI is InChI=1S/C18H10Cl2F3NO2S/c19-13-5-9(6-14(20)18(13)23)11-7-15(21)16(22)8-12(11)10-3-1-2-4-17(10)27(24,25)26/h1-8H,(H2,24,25,26). The van der Waals surface area contributed by atoms with Crippen molar-refractivity contribution in [2.45, 2.75) is 4.90 Å². The van der Waals surface area contributed by atoms with Gasteiger partial charge in [0.05, 0.1) is 14.9 Å². The molecule has 0 radical (unpaired) electrons. The van der Waals surface area contributed by atoms with Gasteiger partial charge in [-0.2, -0.15) is 0 Å². The molecule has 0 aromatic heterocycles. The van der Waals surface area contributed by atoms with Crippen LogP contribution in [0.15, 0.2) is 53.4 Å². The minimum Gasteiger partial charge on any atom is -0.225 e. The molecule has 0 aliphatic rings. The molecule has 3 aromatic carbocycles. The van der Waals surface area contributed by atoms with Crippen LogP contribution in [0.2, 0.25) is 10.0 Å². The van der Waals surface area contributed by atoms with Gasteiger partial charge in [0.25, 0.3) is 0 Å². The molecule has 9 heteroatoms. The second kappa shape index (κ2) is 7.16. The van der Waals surface area contributed by atoms with Gasteiger partial charge in [-0.1, -0.05) is 41.4 Å². The van der Waals surface area contributed by atoms with Crippen LogP contribution in [0.5, 0.6) is 0 Å². The summed E-state index contributed by atoms with van der Waals surface area (Å²) in [6.45, 7) is 0. The summed E-state index contributed by atoms with van der Waals surface area (Å²) in [5.74, 6) is -3.24. The Labute approximate surface area is 163 Å². The smallest absolute Gasteiger partial charge is 0.225 e. The van der Waals surface area contributed by atoms with Gasteiger partial charge in [-0.25, -0.2) is 26.7 Å². The summed E-state index contributed by atoms with van der Waals surface area (Å²) < 4.78 is 65.4. The maximum Gasteiger partial charge on any atom is 0.238 e. The molecule has 0 saturated heterocycles. The molecule has 27 heavy (non-hydrogen) atoms. The van der Waals surface area contributed by atoms with Crippen molar-refractivity contribution in [2.24, 2.45) is 5.14 Å². The molecular formula is C18H10Cl2F3NO2S. The van der Waals surface area contributed by atoms with E-state index in [1.165, 1.54) is 36.4 Å². The zero-order valence-electron chi connectivity index (χ0n) is 13.3. The highest BCUT2D eigenvalue weighted by Crippen LogP contribution is 2.39. The maximum absolute atomic E-state index is 13.9. The summed E-state index contributed by atoms with van der Waals surface area (Å²) in [6, 6.07) is 9.62. The summed E-state index contributed by atoms with van der Waals surface area (Å²) in [7, 11) is -4.15. The van der Waals surface area contributed by atoms with E-state index in [9.17, 15) is 21.6 Å². The molecule has 0 atom stereocenters. The van der Waals surface area contributed by atoms with Crippen LogP contribution in [0.1, 0.15) is 0 Å². The molecule has 0 aliphatic carbocycles. The van der Waals surface area contributed by atoms with Gasteiger partial charge in [0.15, 0.2) is 17.5 Å². The fourth-order valence-electron chi connectivity index (χ4n) is 2.66. The Bertz CT molecular complexity index is 1140. The fraction of sp³-hybridized carbons (Fsp3) is 0. The number of primary sulfonamides is 1. The quantitative estimate of drug-likeness (QED) is 0.564. The number of halogens is 5. The molecule has 0 heterocycles. The molecule has 0 amide bonds. The molecule has 3 rings (SSSR count). The number of sulfonamides is 1. The molecule has 2 N–H and O–H groups in total. The Morgan fingerprint density at radius 3 is 1.85 bits per heavy atom. The van der Waals surface area contributed by atoms with Crippen molar-refractivity contribution < 1.29 is 21.6 Å². The summed E-state index contributed by atoms with van der Waals surface area (Å²) >= 11 is 11.6. The summed E-state index contributed by atoms with van der Waals surface area (Å²) in [5, 5.41) is 4.58. The second-order valence-corrected chi connectivity index (χ2v) is 7.95. The highest BCUT2D eigenvalue weighted by atomic mass is 35.5. The topological polar surface area (TPSA) is 60.2 Å². The lowest BCUT2D eigenvalue weighted by atomic mass is 9.94. The van der Waals surface area contributed by atoms with Crippen molar-refractivity contribution in [3.8, 4) is 22.3 Å². The molecular weight excluding hydrogens is 422 g/mol. The van der Waals surface area contributed by atoms with E-state index in [1.807, 2.05) is 0 Å². The van der Waals surface area contributed by atoms with Crippen LogP contribution in [0.4, 0.5) is 13.2 Å². The van der Waals surface area contributed by atoms with Crippen LogP contribution in [-0.2, 0) is 10.0 Å². The van der Waals surface area contributed by atoms with Gasteiger partial charge in [-0.3, -0.25) is 0 Å². The summed E-state index contributed by atoms with van der Waals surface area (Å²) in [6.07, 6.45) is 0. The first-order chi connectivity index (χ1) is 12.6. The number of hydrogen-bond acceptors (Lipinski definition) is 2. The van der Waals surface area contributed by atoms with Gasteiger partial charge in [-0.05, 0) is 47.0 Å². The number of benzene rings is 3. The van der Waals surface area contributed by atoms with E-state index in [-0.39, 0.29) is 37.2 Å². The Hall–Kier alpha value is -2.06. The number of nitrogens with two attached hydrogens (primary N) is 1. The molecule has 0 aliphatic heterocycles. The van der Waals surface area contributed by atoms with E-state index in [2.05, 4.69) is 0 Å². The fourth-order valence-corrected chi connectivity index (χ4v) is 3.90. The highest BCUT2D eigenvalue weighted by Gasteiger charge is 2.21. The van der Waals surface area contributed by atoms with Gasteiger partial charge in [0.1, 0.15) is 0 Å².